The number of alkyl halides is 3. The van der Waals surface area contributed by atoms with Crippen molar-refractivity contribution in [2.45, 2.75) is 24.2 Å². The number of hydrogen-bond acceptors (Lipinski definition) is 4. The van der Waals surface area contributed by atoms with Crippen LogP contribution >= 0.6 is 0 Å². The molecule has 1 rings (SSSR count). The summed E-state index contributed by atoms with van der Waals surface area (Å²) in [6.45, 7) is 1.11. The second-order valence-electron chi connectivity index (χ2n) is 3.70. The lowest BCUT2D eigenvalue weighted by Crippen LogP contribution is -2.38. The number of halogens is 3. The molecule has 0 bridgehead atoms. The molecule has 0 aliphatic rings. The van der Waals surface area contributed by atoms with Crippen LogP contribution in [0.2, 0.25) is 0 Å². The largest absolute Gasteiger partial charge is 0.573 e. The number of carboxylic acid groups (broad SMARTS) is 1. The molecule has 10 heteroatoms. The molecule has 0 fully saturated rings. The first-order valence-electron chi connectivity index (χ1n) is 5.12. The number of benzene rings is 1. The third-order valence-corrected chi connectivity index (χ3v) is 3.63. The van der Waals surface area contributed by atoms with Gasteiger partial charge in [0, 0.05) is 0 Å². The molecular weight excluding hydrogens is 303 g/mol. The zero-order valence-corrected chi connectivity index (χ0v) is 10.8. The Labute approximate surface area is 112 Å². The van der Waals surface area contributed by atoms with E-state index >= 15 is 0 Å². The van der Waals surface area contributed by atoms with Crippen LogP contribution in [0.5, 0.6) is 5.75 Å². The molecule has 2 N–H and O–H groups in total. The highest BCUT2D eigenvalue weighted by molar-refractivity contribution is 7.89. The summed E-state index contributed by atoms with van der Waals surface area (Å²) >= 11 is 0. The number of sulfonamides is 1. The van der Waals surface area contributed by atoms with Gasteiger partial charge in [-0.2, -0.15) is 4.72 Å². The lowest BCUT2D eigenvalue weighted by Gasteiger charge is -2.11. The highest BCUT2D eigenvalue weighted by Gasteiger charge is 2.31. The number of carbonyl (C=O) groups is 1. The number of rotatable bonds is 5. The first-order chi connectivity index (χ1) is 9.01. The van der Waals surface area contributed by atoms with E-state index in [1.165, 1.54) is 0 Å². The zero-order valence-electron chi connectivity index (χ0n) is 10.0. The maximum atomic E-state index is 11.9. The lowest BCUT2D eigenvalue weighted by molar-refractivity contribution is -0.274. The van der Waals surface area contributed by atoms with Crippen molar-refractivity contribution in [2.75, 3.05) is 0 Å². The molecule has 0 saturated heterocycles. The molecule has 1 aromatic carbocycles. The first kappa shape index (κ1) is 16.2. The Bertz CT molecular complexity index is 582. The van der Waals surface area contributed by atoms with Gasteiger partial charge < -0.3 is 9.84 Å². The minimum Gasteiger partial charge on any atom is -0.480 e. The molecule has 0 spiro atoms. The SMILES string of the molecule is C[C@H](NS(=O)(=O)c1ccc(OC(F)(F)F)cc1)C(=O)O. The fourth-order valence-electron chi connectivity index (χ4n) is 1.17. The van der Waals surface area contributed by atoms with Crippen molar-refractivity contribution in [3.63, 3.8) is 0 Å². The van der Waals surface area contributed by atoms with Gasteiger partial charge in [0.05, 0.1) is 4.90 Å². The maximum absolute atomic E-state index is 11.9. The molecule has 0 radical (unpaired) electrons. The Balaban J connectivity index is 2.90. The average Bonchev–Trinajstić information content (AvgIpc) is 2.26. The van der Waals surface area contributed by atoms with Crippen molar-refractivity contribution in [3.8, 4) is 5.75 Å². The minimum absolute atomic E-state index is 0.375. The van der Waals surface area contributed by atoms with Gasteiger partial charge >= 0.3 is 12.3 Å². The Kier molecular flexibility index (Phi) is 4.61. The Morgan fingerprint density at radius 2 is 1.80 bits per heavy atom. The van der Waals surface area contributed by atoms with Crippen LogP contribution in [0.15, 0.2) is 29.2 Å². The highest BCUT2D eigenvalue weighted by Crippen LogP contribution is 2.23. The number of nitrogens with one attached hydrogen (secondary N) is 1. The molecule has 1 atom stereocenters. The second-order valence-corrected chi connectivity index (χ2v) is 5.41. The highest BCUT2D eigenvalue weighted by atomic mass is 32.2. The summed E-state index contributed by atoms with van der Waals surface area (Å²) in [6.07, 6.45) is -4.88. The van der Waals surface area contributed by atoms with Crippen molar-refractivity contribution in [2.24, 2.45) is 0 Å². The van der Waals surface area contributed by atoms with Gasteiger partial charge in [-0.3, -0.25) is 4.79 Å². The summed E-state index contributed by atoms with van der Waals surface area (Å²) in [6, 6.07) is 2.00. The molecule has 112 valence electrons. The van der Waals surface area contributed by atoms with Crippen LogP contribution in [0, 0.1) is 0 Å². The first-order valence-corrected chi connectivity index (χ1v) is 6.60. The molecule has 0 saturated carbocycles. The summed E-state index contributed by atoms with van der Waals surface area (Å²) < 4.78 is 64.6. The fraction of sp³-hybridized carbons (Fsp3) is 0.300. The second kappa shape index (κ2) is 5.67. The van der Waals surface area contributed by atoms with Gasteiger partial charge in [0.15, 0.2) is 0 Å². The molecule has 0 aromatic heterocycles. The van der Waals surface area contributed by atoms with Crippen LogP contribution < -0.4 is 9.46 Å². The van der Waals surface area contributed by atoms with Crippen molar-refractivity contribution in [1.29, 1.82) is 0 Å². The van der Waals surface area contributed by atoms with E-state index in [2.05, 4.69) is 4.74 Å². The van der Waals surface area contributed by atoms with Crippen LogP contribution in [0.3, 0.4) is 0 Å². The topological polar surface area (TPSA) is 92.7 Å². The van der Waals surface area contributed by atoms with E-state index in [0.29, 0.717) is 0 Å². The van der Waals surface area contributed by atoms with Crippen molar-refractivity contribution >= 4 is 16.0 Å². The van der Waals surface area contributed by atoms with Gasteiger partial charge in [-0.25, -0.2) is 8.42 Å². The maximum Gasteiger partial charge on any atom is 0.573 e. The van der Waals surface area contributed by atoms with E-state index < -0.39 is 34.1 Å². The van der Waals surface area contributed by atoms with E-state index in [0.717, 1.165) is 31.2 Å². The summed E-state index contributed by atoms with van der Waals surface area (Å²) in [5, 5.41) is 8.59. The Morgan fingerprint density at radius 1 is 1.30 bits per heavy atom. The normalized spacial score (nSPS) is 13.8. The number of ether oxygens (including phenoxy) is 1. The van der Waals surface area contributed by atoms with Crippen LogP contribution in [0.25, 0.3) is 0 Å². The van der Waals surface area contributed by atoms with Crippen LogP contribution in [0.1, 0.15) is 6.92 Å². The van der Waals surface area contributed by atoms with Gasteiger partial charge in [0.1, 0.15) is 11.8 Å². The number of hydrogen-bond donors (Lipinski definition) is 2. The third kappa shape index (κ3) is 4.70. The Hall–Kier alpha value is -1.81. The van der Waals surface area contributed by atoms with E-state index in [1.807, 2.05) is 4.72 Å². The molecule has 0 unspecified atom stereocenters. The minimum atomic E-state index is -4.88. The molecule has 1 aromatic rings. The van der Waals surface area contributed by atoms with Crippen LogP contribution in [0.4, 0.5) is 13.2 Å². The predicted octanol–water partition coefficient (Wildman–Crippen LogP) is 1.34. The van der Waals surface area contributed by atoms with Crippen LogP contribution in [-0.4, -0.2) is 31.9 Å². The van der Waals surface area contributed by atoms with E-state index in [4.69, 9.17) is 5.11 Å². The van der Waals surface area contributed by atoms with Gasteiger partial charge in [-0.1, -0.05) is 0 Å². The predicted molar refractivity (Wildman–Crippen MR) is 60.5 cm³/mol. The van der Waals surface area contributed by atoms with E-state index in [-0.39, 0.29) is 4.90 Å². The number of carboxylic acids is 1. The lowest BCUT2D eigenvalue weighted by atomic mass is 10.3. The molecule has 0 amide bonds. The van der Waals surface area contributed by atoms with Gasteiger partial charge in [0.25, 0.3) is 0 Å². The Morgan fingerprint density at radius 3 is 2.20 bits per heavy atom. The summed E-state index contributed by atoms with van der Waals surface area (Å²) in [5.41, 5.74) is 0. The molecule has 0 heterocycles. The van der Waals surface area contributed by atoms with Crippen molar-refractivity contribution in [1.82, 2.24) is 4.72 Å². The summed E-state index contributed by atoms with van der Waals surface area (Å²) in [7, 11) is -4.13. The quantitative estimate of drug-likeness (QED) is 0.855. The van der Waals surface area contributed by atoms with Gasteiger partial charge in [-0.05, 0) is 31.2 Å². The molecule has 0 aliphatic heterocycles. The van der Waals surface area contributed by atoms with Crippen molar-refractivity contribution < 1.29 is 36.2 Å². The molecule has 0 aliphatic carbocycles. The third-order valence-electron chi connectivity index (χ3n) is 2.07. The fourth-order valence-corrected chi connectivity index (χ4v) is 2.37. The molecule has 6 nitrogen and oxygen atoms in total. The van der Waals surface area contributed by atoms with Gasteiger partial charge in [-0.15, -0.1) is 13.2 Å². The molecular formula is C10H10F3NO5S. The van der Waals surface area contributed by atoms with Crippen molar-refractivity contribution in [3.05, 3.63) is 24.3 Å². The zero-order chi connectivity index (χ0) is 15.6. The monoisotopic (exact) mass is 313 g/mol. The molecule has 20 heavy (non-hydrogen) atoms. The smallest absolute Gasteiger partial charge is 0.480 e. The van der Waals surface area contributed by atoms with Crippen LogP contribution in [-0.2, 0) is 14.8 Å². The summed E-state index contributed by atoms with van der Waals surface area (Å²) in [5.74, 6) is -1.96. The van der Waals surface area contributed by atoms with Gasteiger partial charge in [0.2, 0.25) is 10.0 Å². The average molecular weight is 313 g/mol. The van der Waals surface area contributed by atoms with E-state index in [9.17, 15) is 26.4 Å². The summed E-state index contributed by atoms with van der Waals surface area (Å²) in [4.78, 5) is 10.2. The number of aliphatic carboxylic acids is 1. The standard InChI is InChI=1S/C10H10F3NO5S/c1-6(9(15)16)14-20(17,18)8-4-2-7(3-5-8)19-10(11,12)13/h2-6,14H,1H3,(H,15,16)/t6-/m0/s1. The van der Waals surface area contributed by atoms with E-state index in [1.54, 1.807) is 0 Å².